The zero-order valence-electron chi connectivity index (χ0n) is 6.65. The minimum atomic E-state index is -2.57. The highest BCUT2D eigenvalue weighted by Crippen LogP contribution is 2.39. The monoisotopic (exact) mass is 270 g/mol. The molecule has 1 nitrogen and oxygen atoms in total. The van der Waals surface area contributed by atoms with E-state index < -0.39 is 6.43 Å². The summed E-state index contributed by atoms with van der Waals surface area (Å²) in [6.45, 7) is 0. The van der Waals surface area contributed by atoms with Crippen molar-refractivity contribution in [2.24, 2.45) is 0 Å². The van der Waals surface area contributed by atoms with Crippen LogP contribution in [0, 0.1) is 0 Å². The molecule has 0 N–H and O–H groups in total. The maximum absolute atomic E-state index is 12.4. The minimum Gasteiger partial charge on any atom is -0.495 e. The van der Waals surface area contributed by atoms with Gasteiger partial charge in [0.1, 0.15) is 5.75 Å². The second-order valence-corrected chi connectivity index (χ2v) is 3.48. The lowest BCUT2D eigenvalue weighted by Crippen LogP contribution is -1.93. The van der Waals surface area contributed by atoms with Crippen LogP contribution in [0.1, 0.15) is 12.0 Å². The predicted octanol–water partition coefficient (Wildman–Crippen LogP) is 4.05. The molecule has 0 unspecified atom stereocenters. The normalized spacial score (nSPS) is 10.6. The molecule has 0 saturated heterocycles. The number of methoxy groups -OCH3 is 1. The average Bonchev–Trinajstić information content (AvgIpc) is 2.09. The van der Waals surface area contributed by atoms with Crippen molar-refractivity contribution in [3.05, 3.63) is 27.2 Å². The molecule has 72 valence electrons. The van der Waals surface area contributed by atoms with Gasteiger partial charge in [0.05, 0.1) is 22.2 Å². The molecule has 1 aromatic carbocycles. The van der Waals surface area contributed by atoms with Crippen molar-refractivity contribution >= 4 is 27.5 Å². The highest BCUT2D eigenvalue weighted by molar-refractivity contribution is 9.10. The van der Waals surface area contributed by atoms with Crippen LogP contribution in [0.5, 0.6) is 5.75 Å². The molecule has 0 heterocycles. The van der Waals surface area contributed by atoms with Crippen LogP contribution in [0.2, 0.25) is 5.02 Å². The molecule has 5 heteroatoms. The Morgan fingerprint density at radius 2 is 2.08 bits per heavy atom. The van der Waals surface area contributed by atoms with Gasteiger partial charge in [0.15, 0.2) is 0 Å². The summed E-state index contributed by atoms with van der Waals surface area (Å²) in [6.07, 6.45) is -2.57. The molecule has 0 bridgehead atoms. The van der Waals surface area contributed by atoms with Crippen molar-refractivity contribution in [1.82, 2.24) is 0 Å². The molecule has 13 heavy (non-hydrogen) atoms. The molecule has 1 aromatic rings. The van der Waals surface area contributed by atoms with Crippen LogP contribution in [-0.2, 0) is 0 Å². The van der Waals surface area contributed by atoms with Crippen molar-refractivity contribution < 1.29 is 13.5 Å². The van der Waals surface area contributed by atoms with Crippen molar-refractivity contribution in [3.63, 3.8) is 0 Å². The van der Waals surface area contributed by atoms with E-state index in [2.05, 4.69) is 15.9 Å². The summed E-state index contributed by atoms with van der Waals surface area (Å²) in [4.78, 5) is 0. The molecule has 0 amide bonds. The van der Waals surface area contributed by atoms with Crippen molar-refractivity contribution in [3.8, 4) is 5.75 Å². The maximum Gasteiger partial charge on any atom is 0.267 e. The zero-order valence-corrected chi connectivity index (χ0v) is 8.99. The van der Waals surface area contributed by atoms with E-state index in [1.807, 2.05) is 0 Å². The standard InChI is InChI=1S/C8H6BrClF2O/c1-13-7-4(8(11)12)2-3-5(10)6(7)9/h2-3,8H,1H3. The molecule has 0 aliphatic rings. The summed E-state index contributed by atoms with van der Waals surface area (Å²) in [7, 11) is 1.32. The van der Waals surface area contributed by atoms with Gasteiger partial charge in [0.2, 0.25) is 0 Å². The molecule has 0 aliphatic heterocycles. The molecule has 0 aliphatic carbocycles. The molecular formula is C8H6BrClF2O. The van der Waals surface area contributed by atoms with Crippen molar-refractivity contribution in [2.75, 3.05) is 7.11 Å². The molecule has 1 rings (SSSR count). The third-order valence-electron chi connectivity index (χ3n) is 1.52. The number of halogens is 4. The molecular weight excluding hydrogens is 265 g/mol. The molecule has 0 radical (unpaired) electrons. The van der Waals surface area contributed by atoms with Gasteiger partial charge in [-0.05, 0) is 28.1 Å². The van der Waals surface area contributed by atoms with E-state index in [1.54, 1.807) is 0 Å². The van der Waals surface area contributed by atoms with Crippen LogP contribution < -0.4 is 4.74 Å². The Morgan fingerprint density at radius 3 is 2.54 bits per heavy atom. The topological polar surface area (TPSA) is 9.23 Å². The van der Waals surface area contributed by atoms with E-state index in [9.17, 15) is 8.78 Å². The summed E-state index contributed by atoms with van der Waals surface area (Å²) in [5.41, 5.74) is -0.168. The number of benzene rings is 1. The average molecular weight is 271 g/mol. The first-order valence-electron chi connectivity index (χ1n) is 3.38. The van der Waals surface area contributed by atoms with E-state index in [4.69, 9.17) is 16.3 Å². The Bertz CT molecular complexity index is 317. The minimum absolute atomic E-state index is 0.0856. The molecule has 0 spiro atoms. The van der Waals surface area contributed by atoms with Crippen LogP contribution in [0.4, 0.5) is 8.78 Å². The van der Waals surface area contributed by atoms with Crippen LogP contribution in [-0.4, -0.2) is 7.11 Å². The van der Waals surface area contributed by atoms with Gasteiger partial charge >= 0.3 is 0 Å². The Hall–Kier alpha value is -0.350. The highest BCUT2D eigenvalue weighted by Gasteiger charge is 2.17. The van der Waals surface area contributed by atoms with E-state index >= 15 is 0 Å². The lowest BCUT2D eigenvalue weighted by atomic mass is 10.2. The summed E-state index contributed by atoms with van der Waals surface area (Å²) in [6, 6.07) is 2.65. The second-order valence-electron chi connectivity index (χ2n) is 2.28. The first-order valence-corrected chi connectivity index (χ1v) is 4.55. The molecule has 0 fully saturated rings. The Morgan fingerprint density at radius 1 is 1.46 bits per heavy atom. The predicted molar refractivity (Wildman–Crippen MR) is 50.7 cm³/mol. The maximum atomic E-state index is 12.4. The van der Waals surface area contributed by atoms with Gasteiger partial charge in [-0.3, -0.25) is 0 Å². The van der Waals surface area contributed by atoms with E-state index in [0.717, 1.165) is 0 Å². The summed E-state index contributed by atoms with van der Waals surface area (Å²) in [5.74, 6) is 0.0856. The highest BCUT2D eigenvalue weighted by atomic mass is 79.9. The summed E-state index contributed by atoms with van der Waals surface area (Å²) < 4.78 is 29.9. The lowest BCUT2D eigenvalue weighted by molar-refractivity contribution is 0.147. The SMILES string of the molecule is COc1c(C(F)F)ccc(Cl)c1Br. The number of hydrogen-bond acceptors (Lipinski definition) is 1. The van der Waals surface area contributed by atoms with E-state index in [-0.39, 0.29) is 11.3 Å². The summed E-state index contributed by atoms with van der Waals surface area (Å²) in [5, 5.41) is 0.348. The smallest absolute Gasteiger partial charge is 0.267 e. The number of rotatable bonds is 2. The third-order valence-corrected chi connectivity index (χ3v) is 2.85. The van der Waals surface area contributed by atoms with Gasteiger partial charge in [-0.15, -0.1) is 0 Å². The Labute approximate surface area is 87.8 Å². The number of ether oxygens (including phenoxy) is 1. The van der Waals surface area contributed by atoms with Crippen molar-refractivity contribution in [2.45, 2.75) is 6.43 Å². The zero-order chi connectivity index (χ0) is 10.0. The first-order chi connectivity index (χ1) is 6.07. The fourth-order valence-corrected chi connectivity index (χ4v) is 1.60. The fourth-order valence-electron chi connectivity index (χ4n) is 0.926. The van der Waals surface area contributed by atoms with E-state index in [0.29, 0.717) is 9.50 Å². The molecule has 0 atom stereocenters. The summed E-state index contributed by atoms with van der Waals surface area (Å²) >= 11 is 8.77. The molecule has 0 saturated carbocycles. The van der Waals surface area contributed by atoms with Gasteiger partial charge in [-0.25, -0.2) is 8.78 Å². The second kappa shape index (κ2) is 4.24. The van der Waals surface area contributed by atoms with Crippen LogP contribution in [0.25, 0.3) is 0 Å². The number of alkyl halides is 2. The quantitative estimate of drug-likeness (QED) is 0.788. The largest absolute Gasteiger partial charge is 0.495 e. The fraction of sp³-hybridized carbons (Fsp3) is 0.250. The Kier molecular flexibility index (Phi) is 3.50. The number of hydrogen-bond donors (Lipinski definition) is 0. The van der Waals surface area contributed by atoms with Gasteiger partial charge in [0.25, 0.3) is 6.43 Å². The van der Waals surface area contributed by atoms with Crippen molar-refractivity contribution in [1.29, 1.82) is 0 Å². The molecule has 0 aromatic heterocycles. The third kappa shape index (κ3) is 2.11. The Balaban J connectivity index is 3.30. The van der Waals surface area contributed by atoms with Gasteiger partial charge in [0, 0.05) is 0 Å². The van der Waals surface area contributed by atoms with Crippen LogP contribution in [0.3, 0.4) is 0 Å². The van der Waals surface area contributed by atoms with E-state index in [1.165, 1.54) is 19.2 Å². The van der Waals surface area contributed by atoms with Crippen LogP contribution >= 0.6 is 27.5 Å². The van der Waals surface area contributed by atoms with Gasteiger partial charge < -0.3 is 4.74 Å². The first kappa shape index (κ1) is 10.7. The van der Waals surface area contributed by atoms with Gasteiger partial charge in [-0.1, -0.05) is 11.6 Å². The van der Waals surface area contributed by atoms with Crippen LogP contribution in [0.15, 0.2) is 16.6 Å². The van der Waals surface area contributed by atoms with Gasteiger partial charge in [-0.2, -0.15) is 0 Å². The lowest BCUT2D eigenvalue weighted by Gasteiger charge is -2.10.